The number of ether oxygens (including phenoxy) is 1. The molecule has 1 aliphatic heterocycles. The first kappa shape index (κ1) is 15.7. The van der Waals surface area contributed by atoms with Crippen molar-refractivity contribution < 1.29 is 9.53 Å². The van der Waals surface area contributed by atoms with Crippen LogP contribution in [0.1, 0.15) is 45.9 Å². The Bertz CT molecular complexity index is 578. The highest BCUT2D eigenvalue weighted by atomic mass is 16.6. The minimum absolute atomic E-state index is 0.0329. The molecule has 0 unspecified atom stereocenters. The molecule has 1 amide bonds. The highest BCUT2D eigenvalue weighted by Crippen LogP contribution is 2.19. The van der Waals surface area contributed by atoms with E-state index in [-0.39, 0.29) is 11.7 Å². The second-order valence-corrected chi connectivity index (χ2v) is 7.02. The van der Waals surface area contributed by atoms with Crippen LogP contribution in [0, 0.1) is 5.92 Å². The first-order chi connectivity index (χ1) is 9.67. The van der Waals surface area contributed by atoms with Gasteiger partial charge in [-0.1, -0.05) is 13.8 Å². The maximum absolute atomic E-state index is 12.2. The van der Waals surface area contributed by atoms with Crippen molar-refractivity contribution in [2.24, 2.45) is 5.92 Å². The molecule has 0 aliphatic carbocycles. The highest BCUT2D eigenvalue weighted by Gasteiger charge is 2.29. The lowest BCUT2D eigenvalue weighted by atomic mass is 10.1. The summed E-state index contributed by atoms with van der Waals surface area (Å²) in [5.74, 6) is 0.425. The lowest BCUT2D eigenvalue weighted by molar-refractivity contribution is 0.0218. The first-order valence-corrected chi connectivity index (χ1v) is 7.46. The fourth-order valence-electron chi connectivity index (χ4n) is 2.50. The molecule has 118 valence electrons. The molecule has 21 heavy (non-hydrogen) atoms. The van der Waals surface area contributed by atoms with E-state index >= 15 is 0 Å². The molecule has 6 heteroatoms. The van der Waals surface area contributed by atoms with Gasteiger partial charge in [-0.3, -0.25) is 14.6 Å². The second-order valence-electron chi connectivity index (χ2n) is 7.02. The van der Waals surface area contributed by atoms with E-state index in [0.29, 0.717) is 25.4 Å². The van der Waals surface area contributed by atoms with E-state index < -0.39 is 5.60 Å². The number of aromatic nitrogens is 2. The first-order valence-electron chi connectivity index (χ1n) is 7.46. The van der Waals surface area contributed by atoms with Crippen molar-refractivity contribution in [1.29, 1.82) is 0 Å². The van der Waals surface area contributed by atoms with Crippen molar-refractivity contribution in [1.82, 2.24) is 14.7 Å². The number of nitrogens with zero attached hydrogens (tertiary/aromatic N) is 2. The van der Waals surface area contributed by atoms with Crippen molar-refractivity contribution in [2.75, 3.05) is 6.54 Å². The zero-order chi connectivity index (χ0) is 15.8. The molecule has 2 rings (SSSR count). The number of carbonyl (C=O) groups excluding carboxylic acids is 1. The lowest BCUT2D eigenvalue weighted by Gasteiger charge is -2.30. The Morgan fingerprint density at radius 3 is 2.62 bits per heavy atom. The van der Waals surface area contributed by atoms with Crippen molar-refractivity contribution in [3.05, 3.63) is 21.6 Å². The number of aromatic amines is 1. The third kappa shape index (κ3) is 3.68. The van der Waals surface area contributed by atoms with Gasteiger partial charge >= 0.3 is 6.09 Å². The van der Waals surface area contributed by atoms with Crippen LogP contribution in [0.3, 0.4) is 0 Å². The second kappa shape index (κ2) is 5.58. The van der Waals surface area contributed by atoms with Gasteiger partial charge in [0, 0.05) is 18.7 Å². The van der Waals surface area contributed by atoms with Crippen molar-refractivity contribution in [3.8, 4) is 0 Å². The van der Waals surface area contributed by atoms with Gasteiger partial charge in [0.25, 0.3) is 5.56 Å². The van der Waals surface area contributed by atoms with E-state index in [2.05, 4.69) is 18.9 Å². The molecule has 0 fully saturated rings. The van der Waals surface area contributed by atoms with Crippen LogP contribution in [0.5, 0.6) is 0 Å². The van der Waals surface area contributed by atoms with E-state index in [4.69, 9.17) is 4.74 Å². The zero-order valence-corrected chi connectivity index (χ0v) is 13.5. The van der Waals surface area contributed by atoms with E-state index in [9.17, 15) is 9.59 Å². The number of fused-ring (bicyclic) bond motifs is 1. The summed E-state index contributed by atoms with van der Waals surface area (Å²) in [6, 6.07) is 0. The average molecular weight is 295 g/mol. The Labute approximate surface area is 125 Å². The Balaban J connectivity index is 2.19. The van der Waals surface area contributed by atoms with E-state index in [1.807, 2.05) is 25.5 Å². The molecule has 0 bridgehead atoms. The van der Waals surface area contributed by atoms with Crippen LogP contribution in [0.25, 0.3) is 0 Å². The fraction of sp³-hybridized carbons (Fsp3) is 0.733. The molecular formula is C15H25N3O3. The smallest absolute Gasteiger partial charge is 0.410 e. The van der Waals surface area contributed by atoms with Crippen molar-refractivity contribution in [2.45, 2.75) is 59.7 Å². The summed E-state index contributed by atoms with van der Waals surface area (Å²) in [5.41, 5.74) is 1.17. The van der Waals surface area contributed by atoms with E-state index in [1.54, 1.807) is 4.90 Å². The third-order valence-corrected chi connectivity index (χ3v) is 3.36. The molecule has 0 spiro atoms. The van der Waals surface area contributed by atoms with Gasteiger partial charge in [0.05, 0.1) is 12.2 Å². The Hall–Kier alpha value is -1.72. The summed E-state index contributed by atoms with van der Waals surface area (Å²) < 4.78 is 7.28. The summed E-state index contributed by atoms with van der Waals surface area (Å²) in [6.45, 7) is 11.4. The summed E-state index contributed by atoms with van der Waals surface area (Å²) >= 11 is 0. The van der Waals surface area contributed by atoms with Gasteiger partial charge in [-0.25, -0.2) is 4.79 Å². The number of carbonyl (C=O) groups is 1. The molecule has 2 heterocycles. The molecule has 0 radical (unpaired) electrons. The molecular weight excluding hydrogens is 270 g/mol. The number of hydrogen-bond donors (Lipinski definition) is 1. The maximum Gasteiger partial charge on any atom is 0.410 e. The number of nitrogens with one attached hydrogen (secondary N) is 1. The minimum atomic E-state index is -0.507. The van der Waals surface area contributed by atoms with Gasteiger partial charge in [-0.2, -0.15) is 0 Å². The molecule has 1 aromatic rings. The van der Waals surface area contributed by atoms with Gasteiger partial charge in [0.15, 0.2) is 0 Å². The number of rotatable bonds is 2. The summed E-state index contributed by atoms with van der Waals surface area (Å²) in [4.78, 5) is 25.8. The highest BCUT2D eigenvalue weighted by molar-refractivity contribution is 5.68. The van der Waals surface area contributed by atoms with Gasteiger partial charge < -0.3 is 9.64 Å². The monoisotopic (exact) mass is 295 g/mol. The van der Waals surface area contributed by atoms with Crippen LogP contribution in [-0.2, 0) is 24.2 Å². The lowest BCUT2D eigenvalue weighted by Crippen LogP contribution is -2.41. The van der Waals surface area contributed by atoms with Gasteiger partial charge in [-0.15, -0.1) is 0 Å². The van der Waals surface area contributed by atoms with E-state index in [1.165, 1.54) is 0 Å². The Morgan fingerprint density at radius 2 is 2.05 bits per heavy atom. The summed E-state index contributed by atoms with van der Waals surface area (Å²) in [6.07, 6.45) is 0.257. The normalized spacial score (nSPS) is 15.2. The maximum atomic E-state index is 12.2. The molecule has 6 nitrogen and oxygen atoms in total. The van der Waals surface area contributed by atoms with Crippen LogP contribution in [-0.4, -0.2) is 32.9 Å². The standard InChI is InChI=1S/C15H25N3O3/c1-10(2)8-18-12-9-17(14(20)21-15(3,4)5)7-6-11(12)13(19)16-18/h10H,6-9H2,1-5H3,(H,16,19). The third-order valence-electron chi connectivity index (χ3n) is 3.36. The van der Waals surface area contributed by atoms with Crippen LogP contribution in [0.15, 0.2) is 4.79 Å². The zero-order valence-electron chi connectivity index (χ0n) is 13.5. The van der Waals surface area contributed by atoms with Gasteiger partial charge in [0.2, 0.25) is 0 Å². The Kier molecular flexibility index (Phi) is 4.16. The van der Waals surface area contributed by atoms with Gasteiger partial charge in [-0.05, 0) is 33.1 Å². The van der Waals surface area contributed by atoms with Crippen LogP contribution in [0.2, 0.25) is 0 Å². The average Bonchev–Trinajstić information content (AvgIpc) is 2.63. The SMILES string of the molecule is CC(C)Cn1[nH]c(=O)c2c1CN(C(=O)OC(C)(C)C)CC2. The molecule has 1 N–H and O–H groups in total. The summed E-state index contributed by atoms with van der Waals surface area (Å²) in [7, 11) is 0. The minimum Gasteiger partial charge on any atom is -0.444 e. The largest absolute Gasteiger partial charge is 0.444 e. The Morgan fingerprint density at radius 1 is 1.38 bits per heavy atom. The molecule has 1 aromatic heterocycles. The van der Waals surface area contributed by atoms with Crippen LogP contribution in [0.4, 0.5) is 4.79 Å². The van der Waals surface area contributed by atoms with E-state index in [0.717, 1.165) is 17.8 Å². The van der Waals surface area contributed by atoms with Gasteiger partial charge in [0.1, 0.15) is 5.60 Å². The molecule has 0 atom stereocenters. The molecule has 0 saturated carbocycles. The quantitative estimate of drug-likeness (QED) is 0.909. The van der Waals surface area contributed by atoms with Crippen LogP contribution >= 0.6 is 0 Å². The molecule has 1 aliphatic rings. The molecule has 0 aromatic carbocycles. The molecule has 0 saturated heterocycles. The summed E-state index contributed by atoms with van der Waals surface area (Å²) in [5, 5.41) is 2.88. The topological polar surface area (TPSA) is 67.3 Å². The number of amides is 1. The van der Waals surface area contributed by atoms with Crippen LogP contribution < -0.4 is 5.56 Å². The number of hydrogen-bond acceptors (Lipinski definition) is 3. The predicted octanol–water partition coefficient (Wildman–Crippen LogP) is 2.13. The van der Waals surface area contributed by atoms with Crippen molar-refractivity contribution in [3.63, 3.8) is 0 Å². The van der Waals surface area contributed by atoms with Crippen molar-refractivity contribution >= 4 is 6.09 Å². The fourth-order valence-corrected chi connectivity index (χ4v) is 2.50. The predicted molar refractivity (Wildman–Crippen MR) is 80.2 cm³/mol. The number of H-pyrrole nitrogens is 1.